The average molecular weight is 382 g/mol. The van der Waals surface area contributed by atoms with E-state index in [2.05, 4.69) is 0 Å². The molecular weight excluding hydrogens is 356 g/mol. The van der Waals surface area contributed by atoms with Crippen molar-refractivity contribution in [1.29, 1.82) is 0 Å². The smallest absolute Gasteiger partial charge is 0.193 e. The molecule has 1 unspecified atom stereocenters. The van der Waals surface area contributed by atoms with Crippen LogP contribution in [0.4, 0.5) is 0 Å². The second kappa shape index (κ2) is 9.22. The van der Waals surface area contributed by atoms with Crippen LogP contribution >= 0.6 is 0 Å². The zero-order chi connectivity index (χ0) is 19.2. The van der Waals surface area contributed by atoms with Gasteiger partial charge in [0.2, 0.25) is 0 Å². The number of fused-ring (bicyclic) bond motifs is 2. The topological polar surface area (TPSA) is 54.0 Å². The molecule has 0 amide bonds. The van der Waals surface area contributed by atoms with Crippen LogP contribution < -0.4 is 9.47 Å². The quantitative estimate of drug-likeness (QED) is 0.734. The van der Waals surface area contributed by atoms with Crippen LogP contribution in [-0.2, 0) is 9.47 Å². The van der Waals surface area contributed by atoms with E-state index < -0.39 is 0 Å². The second-order valence-corrected chi connectivity index (χ2v) is 7.16. The Kier molecular flexibility index (Phi) is 6.24. The van der Waals surface area contributed by atoms with E-state index in [-0.39, 0.29) is 18.0 Å². The molecular formula is C23H26O5. The van der Waals surface area contributed by atoms with Crippen molar-refractivity contribution in [2.45, 2.75) is 37.9 Å². The maximum atomic E-state index is 12.7. The Morgan fingerprint density at radius 2 is 1.36 bits per heavy atom. The van der Waals surface area contributed by atoms with Gasteiger partial charge in [0.15, 0.2) is 17.3 Å². The fourth-order valence-corrected chi connectivity index (χ4v) is 3.78. The molecule has 0 radical (unpaired) electrons. The predicted octanol–water partition coefficient (Wildman–Crippen LogP) is 4.03. The van der Waals surface area contributed by atoms with Gasteiger partial charge in [0, 0.05) is 11.1 Å². The van der Waals surface area contributed by atoms with E-state index in [0.29, 0.717) is 49.1 Å². The van der Waals surface area contributed by atoms with E-state index in [0.717, 1.165) is 12.8 Å². The molecule has 2 atom stereocenters. The molecule has 148 valence electrons. The molecule has 28 heavy (non-hydrogen) atoms. The first-order chi connectivity index (χ1) is 13.8. The van der Waals surface area contributed by atoms with Crippen LogP contribution in [0.15, 0.2) is 48.5 Å². The third-order valence-corrected chi connectivity index (χ3v) is 5.23. The molecule has 0 aromatic heterocycles. The maximum Gasteiger partial charge on any atom is 0.193 e. The summed E-state index contributed by atoms with van der Waals surface area (Å²) in [4.78, 5) is 12.7. The van der Waals surface area contributed by atoms with Gasteiger partial charge in [-0.15, -0.1) is 0 Å². The maximum absolute atomic E-state index is 12.7. The van der Waals surface area contributed by atoms with E-state index in [4.69, 9.17) is 18.9 Å². The number of carbonyl (C=O) groups is 1. The van der Waals surface area contributed by atoms with Gasteiger partial charge in [-0.05, 0) is 31.0 Å². The standard InChI is InChI=1S/C23H26O5/c24-23(17-6-2-1-3-7-17)18-10-11-21-22(16-18)28-15-14-26-20-9-5-4-8-19(20)25-12-13-27-21/h1-3,6-7,10-11,16,19-20H,4-5,8-9,12-15H2/t19-,20?/m0/s1. The molecule has 5 nitrogen and oxygen atoms in total. The fraction of sp³-hybridized carbons (Fsp3) is 0.435. The summed E-state index contributed by atoms with van der Waals surface area (Å²) >= 11 is 0. The number of carbonyl (C=O) groups excluding carboxylic acids is 1. The minimum Gasteiger partial charge on any atom is -0.487 e. The Bertz CT molecular complexity index is 789. The summed E-state index contributed by atoms with van der Waals surface area (Å²) in [5.74, 6) is 1.14. The van der Waals surface area contributed by atoms with Crippen molar-refractivity contribution >= 4 is 5.78 Å². The molecule has 4 rings (SSSR count). The highest BCUT2D eigenvalue weighted by Crippen LogP contribution is 2.30. The minimum absolute atomic E-state index is 0.0391. The lowest BCUT2D eigenvalue weighted by atomic mass is 9.94. The summed E-state index contributed by atoms with van der Waals surface area (Å²) in [7, 11) is 0. The molecule has 5 heteroatoms. The van der Waals surface area contributed by atoms with Crippen LogP contribution in [0.2, 0.25) is 0 Å². The zero-order valence-corrected chi connectivity index (χ0v) is 16.0. The highest BCUT2D eigenvalue weighted by Gasteiger charge is 2.27. The first-order valence-electron chi connectivity index (χ1n) is 10.0. The lowest BCUT2D eigenvalue weighted by molar-refractivity contribution is -0.101. The normalized spacial score (nSPS) is 23.0. The van der Waals surface area contributed by atoms with Crippen LogP contribution in [-0.4, -0.2) is 44.4 Å². The molecule has 0 saturated heterocycles. The molecule has 2 aliphatic rings. The Labute approximate surface area is 165 Å². The van der Waals surface area contributed by atoms with Crippen molar-refractivity contribution in [3.05, 3.63) is 59.7 Å². The second-order valence-electron chi connectivity index (χ2n) is 7.16. The Morgan fingerprint density at radius 3 is 2.04 bits per heavy atom. The van der Waals surface area contributed by atoms with Crippen molar-refractivity contribution in [2.24, 2.45) is 0 Å². The largest absolute Gasteiger partial charge is 0.487 e. The van der Waals surface area contributed by atoms with Gasteiger partial charge in [0.25, 0.3) is 0 Å². The van der Waals surface area contributed by atoms with Crippen LogP contribution in [0.25, 0.3) is 0 Å². The van der Waals surface area contributed by atoms with E-state index in [9.17, 15) is 4.79 Å². The Morgan fingerprint density at radius 1 is 0.714 bits per heavy atom. The van der Waals surface area contributed by atoms with Gasteiger partial charge in [-0.3, -0.25) is 4.79 Å². The Balaban J connectivity index is 1.49. The van der Waals surface area contributed by atoms with Gasteiger partial charge in [-0.2, -0.15) is 0 Å². The lowest BCUT2D eigenvalue weighted by Gasteiger charge is -2.31. The monoisotopic (exact) mass is 382 g/mol. The summed E-state index contributed by atoms with van der Waals surface area (Å²) in [5.41, 5.74) is 1.22. The molecule has 0 N–H and O–H groups in total. The molecule has 0 spiro atoms. The van der Waals surface area contributed by atoms with Crippen molar-refractivity contribution < 1.29 is 23.7 Å². The first-order valence-corrected chi connectivity index (χ1v) is 10.0. The van der Waals surface area contributed by atoms with Gasteiger partial charge in [0.05, 0.1) is 25.4 Å². The van der Waals surface area contributed by atoms with Crippen molar-refractivity contribution in [3.63, 3.8) is 0 Å². The molecule has 1 saturated carbocycles. The molecule has 0 bridgehead atoms. The lowest BCUT2D eigenvalue weighted by Crippen LogP contribution is -2.36. The number of benzene rings is 2. The highest BCUT2D eigenvalue weighted by molar-refractivity contribution is 6.09. The number of hydrogen-bond donors (Lipinski definition) is 0. The van der Waals surface area contributed by atoms with Gasteiger partial charge >= 0.3 is 0 Å². The van der Waals surface area contributed by atoms with Crippen LogP contribution in [0.3, 0.4) is 0 Å². The highest BCUT2D eigenvalue weighted by atomic mass is 16.6. The average Bonchev–Trinajstić information content (AvgIpc) is 2.74. The molecule has 1 fully saturated rings. The van der Waals surface area contributed by atoms with Crippen molar-refractivity contribution in [2.75, 3.05) is 26.4 Å². The SMILES string of the molecule is O=C(c1ccccc1)c1ccc2c(c1)OCCOC1CCCC[C@@H]1OCCO2. The Hall–Kier alpha value is -2.37. The van der Waals surface area contributed by atoms with E-state index in [1.54, 1.807) is 18.2 Å². The summed E-state index contributed by atoms with van der Waals surface area (Å²) < 4.78 is 23.8. The molecule has 1 aliphatic carbocycles. The molecule has 2 aromatic carbocycles. The third-order valence-electron chi connectivity index (χ3n) is 5.23. The molecule has 2 aromatic rings. The zero-order valence-electron chi connectivity index (χ0n) is 16.0. The fourth-order valence-electron chi connectivity index (χ4n) is 3.78. The van der Waals surface area contributed by atoms with Gasteiger partial charge in [-0.1, -0.05) is 43.2 Å². The van der Waals surface area contributed by atoms with Crippen molar-refractivity contribution in [1.82, 2.24) is 0 Å². The minimum atomic E-state index is -0.0391. The van der Waals surface area contributed by atoms with E-state index in [1.165, 1.54) is 12.8 Å². The first kappa shape index (κ1) is 19.0. The number of rotatable bonds is 2. The van der Waals surface area contributed by atoms with E-state index in [1.807, 2.05) is 30.3 Å². The summed E-state index contributed by atoms with van der Waals surface area (Å²) in [5, 5.41) is 0. The van der Waals surface area contributed by atoms with Crippen LogP contribution in [0.5, 0.6) is 11.5 Å². The van der Waals surface area contributed by atoms with Gasteiger partial charge in [0.1, 0.15) is 13.2 Å². The number of hydrogen-bond acceptors (Lipinski definition) is 5. The van der Waals surface area contributed by atoms with E-state index >= 15 is 0 Å². The van der Waals surface area contributed by atoms with Gasteiger partial charge < -0.3 is 18.9 Å². The van der Waals surface area contributed by atoms with Gasteiger partial charge in [-0.25, -0.2) is 0 Å². The van der Waals surface area contributed by atoms with Crippen molar-refractivity contribution in [3.8, 4) is 11.5 Å². The summed E-state index contributed by atoms with van der Waals surface area (Å²) in [6.07, 6.45) is 4.69. The third kappa shape index (κ3) is 4.54. The predicted molar refractivity (Wildman–Crippen MR) is 105 cm³/mol. The number of ketones is 1. The number of ether oxygens (including phenoxy) is 4. The molecule has 1 aliphatic heterocycles. The molecule has 1 heterocycles. The van der Waals surface area contributed by atoms with Crippen LogP contribution in [0.1, 0.15) is 41.6 Å². The summed E-state index contributed by atoms with van der Waals surface area (Å²) in [6, 6.07) is 14.6. The van der Waals surface area contributed by atoms with Crippen LogP contribution in [0, 0.1) is 0 Å². The summed E-state index contributed by atoms with van der Waals surface area (Å²) in [6.45, 7) is 1.84.